The molecule has 2 aromatic heterocycles. The van der Waals surface area contributed by atoms with E-state index in [1.54, 1.807) is 4.57 Å². The zero-order valence-corrected chi connectivity index (χ0v) is 12.5. The first-order valence-corrected chi connectivity index (χ1v) is 7.42. The molecule has 3 heterocycles. The van der Waals surface area contributed by atoms with Gasteiger partial charge >= 0.3 is 5.69 Å². The quantitative estimate of drug-likeness (QED) is 0.906. The third kappa shape index (κ3) is 2.81. The lowest BCUT2D eigenvalue weighted by atomic mass is 10.2. The van der Waals surface area contributed by atoms with Crippen LogP contribution in [0.4, 0.5) is 5.82 Å². The first-order chi connectivity index (χ1) is 10.2. The smallest absolute Gasteiger partial charge is 0.346 e. The largest absolute Gasteiger partial charge is 0.370 e. The van der Waals surface area contributed by atoms with Gasteiger partial charge in [-0.1, -0.05) is 0 Å². The Kier molecular flexibility index (Phi) is 3.72. The molecule has 7 nitrogen and oxygen atoms in total. The topological polar surface area (TPSA) is 77.6 Å². The molecule has 7 heteroatoms. The van der Waals surface area contributed by atoms with Crippen LogP contribution in [0.25, 0.3) is 0 Å². The molecule has 0 amide bonds. The number of anilines is 1. The first-order valence-electron chi connectivity index (χ1n) is 7.42. The Morgan fingerprint density at radius 2 is 2.19 bits per heavy atom. The molecule has 0 atom stereocenters. The summed E-state index contributed by atoms with van der Waals surface area (Å²) >= 11 is 0. The maximum absolute atomic E-state index is 12.3. The Balaban J connectivity index is 1.90. The third-order valence-corrected chi connectivity index (χ3v) is 3.58. The number of rotatable bonds is 4. The number of nitrogens with one attached hydrogen (secondary N) is 1. The molecule has 1 aliphatic heterocycles. The summed E-state index contributed by atoms with van der Waals surface area (Å²) in [5.74, 6) is 2.28. The Labute approximate surface area is 123 Å². The first kappa shape index (κ1) is 13.8. The summed E-state index contributed by atoms with van der Waals surface area (Å²) < 4.78 is 3.25. The van der Waals surface area contributed by atoms with Gasteiger partial charge in [-0.3, -0.25) is 4.57 Å². The summed E-state index contributed by atoms with van der Waals surface area (Å²) in [5.41, 5.74) is 0.827. The predicted octanol–water partition coefficient (Wildman–Crippen LogP) is 0.960. The van der Waals surface area contributed by atoms with Crippen LogP contribution in [-0.2, 0) is 19.5 Å². The molecule has 0 bridgehead atoms. The second kappa shape index (κ2) is 5.67. The van der Waals surface area contributed by atoms with E-state index >= 15 is 0 Å². The summed E-state index contributed by atoms with van der Waals surface area (Å²) in [4.78, 5) is 21.1. The van der Waals surface area contributed by atoms with Gasteiger partial charge in [0.25, 0.3) is 0 Å². The molecular weight excluding hydrogens is 268 g/mol. The molecule has 2 aromatic rings. The lowest BCUT2D eigenvalue weighted by molar-refractivity contribution is 0.511. The van der Waals surface area contributed by atoms with Crippen LogP contribution in [0, 0.1) is 6.92 Å². The monoisotopic (exact) mass is 288 g/mol. The van der Waals surface area contributed by atoms with Gasteiger partial charge in [-0.25, -0.2) is 19.4 Å². The fourth-order valence-electron chi connectivity index (χ4n) is 2.66. The molecule has 1 N–H and O–H groups in total. The second-order valence-corrected chi connectivity index (χ2v) is 5.31. The average molecular weight is 288 g/mol. The molecule has 0 radical (unpaired) electrons. The zero-order chi connectivity index (χ0) is 14.8. The van der Waals surface area contributed by atoms with Crippen molar-refractivity contribution in [3.05, 3.63) is 33.9 Å². The molecule has 0 aliphatic carbocycles. The molecule has 0 spiro atoms. The fraction of sp³-hybridized carbons (Fsp3) is 0.571. The maximum atomic E-state index is 12.3. The van der Waals surface area contributed by atoms with E-state index in [2.05, 4.69) is 20.4 Å². The van der Waals surface area contributed by atoms with Crippen LogP contribution < -0.4 is 11.0 Å². The van der Waals surface area contributed by atoms with Crippen LogP contribution in [0.5, 0.6) is 0 Å². The summed E-state index contributed by atoms with van der Waals surface area (Å²) in [6, 6.07) is 1.90. The lowest BCUT2D eigenvalue weighted by Crippen LogP contribution is -2.27. The van der Waals surface area contributed by atoms with E-state index in [-0.39, 0.29) is 5.69 Å². The summed E-state index contributed by atoms with van der Waals surface area (Å²) in [6.45, 7) is 5.83. The molecule has 21 heavy (non-hydrogen) atoms. The van der Waals surface area contributed by atoms with E-state index in [4.69, 9.17) is 0 Å². The van der Waals surface area contributed by atoms with Crippen LogP contribution in [0.3, 0.4) is 0 Å². The molecule has 112 valence electrons. The van der Waals surface area contributed by atoms with Gasteiger partial charge in [0.15, 0.2) is 5.82 Å². The summed E-state index contributed by atoms with van der Waals surface area (Å²) in [5, 5.41) is 7.59. The van der Waals surface area contributed by atoms with Crippen LogP contribution >= 0.6 is 0 Å². The standard InChI is InChI=1S/C14H20N6O/c1-3-15-11-8-10(2)16-12(17-11)9-20-14(21)19-7-5-4-6-13(19)18-20/h8H,3-7,9H2,1-2H3,(H,15,16,17). The highest BCUT2D eigenvalue weighted by Gasteiger charge is 2.17. The second-order valence-electron chi connectivity index (χ2n) is 5.31. The van der Waals surface area contributed by atoms with Gasteiger partial charge < -0.3 is 5.32 Å². The van der Waals surface area contributed by atoms with Crippen LogP contribution in [0.1, 0.15) is 37.1 Å². The molecule has 0 aromatic carbocycles. The van der Waals surface area contributed by atoms with Gasteiger partial charge in [0.1, 0.15) is 18.2 Å². The number of hydrogen-bond acceptors (Lipinski definition) is 5. The van der Waals surface area contributed by atoms with Crippen molar-refractivity contribution < 1.29 is 0 Å². The molecule has 1 aliphatic rings. The summed E-state index contributed by atoms with van der Waals surface area (Å²) in [7, 11) is 0. The molecule has 0 unspecified atom stereocenters. The highest BCUT2D eigenvalue weighted by Crippen LogP contribution is 2.10. The number of fused-ring (bicyclic) bond motifs is 1. The van der Waals surface area contributed by atoms with Crippen molar-refractivity contribution in [3.8, 4) is 0 Å². The van der Waals surface area contributed by atoms with Gasteiger partial charge in [-0.15, -0.1) is 0 Å². The van der Waals surface area contributed by atoms with E-state index in [0.717, 1.165) is 49.7 Å². The van der Waals surface area contributed by atoms with Crippen molar-refractivity contribution in [1.29, 1.82) is 0 Å². The van der Waals surface area contributed by atoms with Crippen molar-refractivity contribution in [2.24, 2.45) is 0 Å². The van der Waals surface area contributed by atoms with Crippen LogP contribution in [0.2, 0.25) is 0 Å². The third-order valence-electron chi connectivity index (χ3n) is 3.58. The van der Waals surface area contributed by atoms with E-state index in [9.17, 15) is 4.79 Å². The van der Waals surface area contributed by atoms with Gasteiger partial charge in [-0.05, 0) is 26.7 Å². The minimum atomic E-state index is -0.0557. The molecule has 0 saturated carbocycles. The minimum Gasteiger partial charge on any atom is -0.370 e. The highest BCUT2D eigenvalue weighted by atomic mass is 16.2. The summed E-state index contributed by atoms with van der Waals surface area (Å²) in [6.07, 6.45) is 3.02. The zero-order valence-electron chi connectivity index (χ0n) is 12.5. The predicted molar refractivity (Wildman–Crippen MR) is 79.5 cm³/mol. The van der Waals surface area contributed by atoms with E-state index < -0.39 is 0 Å². The Morgan fingerprint density at radius 3 is 2.95 bits per heavy atom. The number of aromatic nitrogens is 5. The SMILES string of the molecule is CCNc1cc(C)nc(Cn2nc3n(c2=O)CCCC3)n1. The van der Waals surface area contributed by atoms with Gasteiger partial charge in [0.2, 0.25) is 0 Å². The van der Waals surface area contributed by atoms with E-state index in [1.165, 1.54) is 4.68 Å². The number of nitrogens with zero attached hydrogens (tertiary/aromatic N) is 5. The molecular formula is C14H20N6O. The van der Waals surface area contributed by atoms with E-state index in [0.29, 0.717) is 12.4 Å². The van der Waals surface area contributed by atoms with Gasteiger partial charge in [0, 0.05) is 31.3 Å². The van der Waals surface area contributed by atoms with Gasteiger partial charge in [-0.2, -0.15) is 5.10 Å². The number of hydrogen-bond donors (Lipinski definition) is 1. The number of aryl methyl sites for hydroxylation is 2. The van der Waals surface area contributed by atoms with Crippen molar-refractivity contribution in [2.45, 2.75) is 46.2 Å². The minimum absolute atomic E-state index is 0.0557. The van der Waals surface area contributed by atoms with Gasteiger partial charge in [0.05, 0.1) is 0 Å². The Hall–Kier alpha value is -2.18. The normalized spacial score (nSPS) is 14.0. The van der Waals surface area contributed by atoms with Crippen LogP contribution in [-0.4, -0.2) is 30.9 Å². The Bertz CT molecular complexity index is 702. The van der Waals surface area contributed by atoms with Crippen LogP contribution in [0.15, 0.2) is 10.9 Å². The van der Waals surface area contributed by atoms with E-state index in [1.807, 2.05) is 19.9 Å². The lowest BCUT2D eigenvalue weighted by Gasteiger charge is -2.09. The molecule has 0 saturated heterocycles. The molecule has 0 fully saturated rings. The average Bonchev–Trinajstić information content (AvgIpc) is 2.76. The molecule has 3 rings (SSSR count). The van der Waals surface area contributed by atoms with Crippen molar-refractivity contribution in [2.75, 3.05) is 11.9 Å². The van der Waals surface area contributed by atoms with Crippen molar-refractivity contribution >= 4 is 5.82 Å². The fourth-order valence-corrected chi connectivity index (χ4v) is 2.66. The highest BCUT2D eigenvalue weighted by molar-refractivity contribution is 5.35. The maximum Gasteiger partial charge on any atom is 0.346 e. The van der Waals surface area contributed by atoms with Crippen molar-refractivity contribution in [1.82, 2.24) is 24.3 Å². The van der Waals surface area contributed by atoms with Crippen molar-refractivity contribution in [3.63, 3.8) is 0 Å². The Morgan fingerprint density at radius 1 is 1.33 bits per heavy atom.